The van der Waals surface area contributed by atoms with E-state index in [9.17, 15) is 9.59 Å². The van der Waals surface area contributed by atoms with Crippen molar-refractivity contribution in [1.29, 1.82) is 0 Å². The number of benzene rings is 1. The Bertz CT molecular complexity index is 533. The van der Waals surface area contributed by atoms with E-state index in [0.29, 0.717) is 11.4 Å². The highest BCUT2D eigenvalue weighted by Crippen LogP contribution is 2.16. The molecule has 0 aliphatic carbocycles. The fraction of sp³-hybridized carbons (Fsp3) is 0.529. The summed E-state index contributed by atoms with van der Waals surface area (Å²) in [4.78, 5) is 24.3. The number of alkyl carbamates (subject to hydrolysis) is 1. The van der Waals surface area contributed by atoms with E-state index >= 15 is 0 Å². The molecule has 0 aromatic heterocycles. The number of anilines is 1. The van der Waals surface area contributed by atoms with E-state index in [1.54, 1.807) is 52.1 Å². The molecule has 6 nitrogen and oxygen atoms in total. The van der Waals surface area contributed by atoms with Gasteiger partial charge in [0.1, 0.15) is 17.4 Å². The van der Waals surface area contributed by atoms with Crippen molar-refractivity contribution in [1.82, 2.24) is 5.32 Å². The molecule has 0 fully saturated rings. The summed E-state index contributed by atoms with van der Waals surface area (Å²) in [7, 11) is 1.58. The molecule has 0 aliphatic rings. The smallest absolute Gasteiger partial charge is 0.408 e. The summed E-state index contributed by atoms with van der Waals surface area (Å²) in [5.74, 6) is 0.326. The molecule has 2 N–H and O–H groups in total. The minimum atomic E-state index is -0.688. The monoisotopic (exact) mass is 322 g/mol. The molecular weight excluding hydrogens is 296 g/mol. The fourth-order valence-electron chi connectivity index (χ4n) is 1.86. The van der Waals surface area contributed by atoms with Crippen LogP contribution in [0.5, 0.6) is 5.75 Å². The first kappa shape index (κ1) is 18.8. The number of carbonyl (C=O) groups is 2. The molecular formula is C17H26N2O4. The number of carbonyl (C=O) groups excluding carboxylic acids is 2. The van der Waals surface area contributed by atoms with Crippen LogP contribution in [0, 0.1) is 5.92 Å². The van der Waals surface area contributed by atoms with Gasteiger partial charge in [-0.15, -0.1) is 0 Å². The first-order valence-corrected chi connectivity index (χ1v) is 7.57. The Labute approximate surface area is 137 Å². The van der Waals surface area contributed by atoms with Gasteiger partial charge in [-0.2, -0.15) is 0 Å². The van der Waals surface area contributed by atoms with Crippen LogP contribution in [-0.4, -0.2) is 30.8 Å². The number of amides is 2. The number of rotatable bonds is 5. The maximum atomic E-state index is 12.4. The number of ether oxygens (including phenoxy) is 2. The summed E-state index contributed by atoms with van der Waals surface area (Å²) < 4.78 is 10.3. The minimum absolute atomic E-state index is 0.0826. The summed E-state index contributed by atoms with van der Waals surface area (Å²) in [6.45, 7) is 9.03. The SMILES string of the molecule is COc1ccc(NC(=O)C(NC(=O)OC(C)(C)C)C(C)C)cc1. The Balaban J connectivity index is 2.72. The Hall–Kier alpha value is -2.24. The summed E-state index contributed by atoms with van der Waals surface area (Å²) in [5, 5.41) is 5.40. The molecule has 0 spiro atoms. The second kappa shape index (κ2) is 7.85. The predicted octanol–water partition coefficient (Wildman–Crippen LogP) is 3.18. The standard InChI is InChI=1S/C17H26N2O4/c1-11(2)14(19-16(21)23-17(3,4)5)15(20)18-12-7-9-13(22-6)10-8-12/h7-11,14H,1-6H3,(H,18,20)(H,19,21). The van der Waals surface area contributed by atoms with Crippen molar-refractivity contribution in [3.8, 4) is 5.75 Å². The number of hydrogen-bond donors (Lipinski definition) is 2. The molecule has 128 valence electrons. The third-order valence-electron chi connectivity index (χ3n) is 2.98. The maximum Gasteiger partial charge on any atom is 0.408 e. The highest BCUT2D eigenvalue weighted by molar-refractivity contribution is 5.96. The lowest BCUT2D eigenvalue weighted by Gasteiger charge is -2.25. The van der Waals surface area contributed by atoms with Crippen molar-refractivity contribution in [2.75, 3.05) is 12.4 Å². The molecule has 1 aromatic rings. The number of nitrogens with one attached hydrogen (secondary N) is 2. The van der Waals surface area contributed by atoms with Crippen molar-refractivity contribution in [2.45, 2.75) is 46.3 Å². The van der Waals surface area contributed by atoms with E-state index in [0.717, 1.165) is 0 Å². The van der Waals surface area contributed by atoms with Gasteiger partial charge in [-0.25, -0.2) is 4.79 Å². The summed E-state index contributed by atoms with van der Waals surface area (Å²) >= 11 is 0. The Kier molecular flexibility index (Phi) is 6.42. The van der Waals surface area contributed by atoms with Crippen LogP contribution in [0.3, 0.4) is 0 Å². The predicted molar refractivity (Wildman–Crippen MR) is 89.6 cm³/mol. The van der Waals surface area contributed by atoms with Crippen LogP contribution in [0.15, 0.2) is 24.3 Å². The normalized spacial score (nSPS) is 12.5. The van der Waals surface area contributed by atoms with Gasteiger partial charge in [0.2, 0.25) is 5.91 Å². The third-order valence-corrected chi connectivity index (χ3v) is 2.98. The average Bonchev–Trinajstić information content (AvgIpc) is 2.43. The lowest BCUT2D eigenvalue weighted by Crippen LogP contribution is -2.48. The molecule has 6 heteroatoms. The van der Waals surface area contributed by atoms with Crippen molar-refractivity contribution >= 4 is 17.7 Å². The Morgan fingerprint density at radius 1 is 1.09 bits per heavy atom. The van der Waals surface area contributed by atoms with E-state index in [1.165, 1.54) is 0 Å². The molecule has 1 rings (SSSR count). The van der Waals surface area contributed by atoms with Crippen LogP contribution in [0.1, 0.15) is 34.6 Å². The van der Waals surface area contributed by atoms with Gasteiger partial charge in [-0.05, 0) is 51.0 Å². The van der Waals surface area contributed by atoms with Crippen LogP contribution in [0.25, 0.3) is 0 Å². The van der Waals surface area contributed by atoms with E-state index in [-0.39, 0.29) is 11.8 Å². The van der Waals surface area contributed by atoms with Gasteiger partial charge in [0.05, 0.1) is 7.11 Å². The lowest BCUT2D eigenvalue weighted by atomic mass is 10.0. The largest absolute Gasteiger partial charge is 0.497 e. The Morgan fingerprint density at radius 2 is 1.65 bits per heavy atom. The van der Waals surface area contributed by atoms with Gasteiger partial charge in [0.25, 0.3) is 0 Å². The van der Waals surface area contributed by atoms with E-state index < -0.39 is 17.7 Å². The average molecular weight is 322 g/mol. The second-order valence-electron chi connectivity index (χ2n) is 6.59. The molecule has 0 heterocycles. The van der Waals surface area contributed by atoms with Gasteiger partial charge in [-0.3, -0.25) is 4.79 Å². The quantitative estimate of drug-likeness (QED) is 0.873. The number of hydrogen-bond acceptors (Lipinski definition) is 4. The zero-order chi connectivity index (χ0) is 17.6. The molecule has 1 aromatic carbocycles. The van der Waals surface area contributed by atoms with Crippen LogP contribution in [-0.2, 0) is 9.53 Å². The molecule has 23 heavy (non-hydrogen) atoms. The Morgan fingerprint density at radius 3 is 2.09 bits per heavy atom. The van der Waals surface area contributed by atoms with Gasteiger partial charge < -0.3 is 20.1 Å². The molecule has 0 radical (unpaired) electrons. The topological polar surface area (TPSA) is 76.7 Å². The van der Waals surface area contributed by atoms with Crippen molar-refractivity contribution in [2.24, 2.45) is 5.92 Å². The number of methoxy groups -OCH3 is 1. The molecule has 1 unspecified atom stereocenters. The van der Waals surface area contributed by atoms with Gasteiger partial charge >= 0.3 is 6.09 Å². The third kappa shape index (κ3) is 6.59. The van der Waals surface area contributed by atoms with Crippen LogP contribution in [0.2, 0.25) is 0 Å². The fourth-order valence-corrected chi connectivity index (χ4v) is 1.86. The molecule has 0 saturated heterocycles. The zero-order valence-electron chi connectivity index (χ0n) is 14.6. The molecule has 0 saturated carbocycles. The maximum absolute atomic E-state index is 12.4. The minimum Gasteiger partial charge on any atom is -0.497 e. The summed E-state index contributed by atoms with van der Waals surface area (Å²) in [6.07, 6.45) is -0.610. The highest BCUT2D eigenvalue weighted by atomic mass is 16.6. The van der Waals surface area contributed by atoms with Crippen LogP contribution < -0.4 is 15.4 Å². The molecule has 1 atom stereocenters. The first-order valence-electron chi connectivity index (χ1n) is 7.57. The molecule has 0 bridgehead atoms. The molecule has 2 amide bonds. The second-order valence-corrected chi connectivity index (χ2v) is 6.59. The van der Waals surface area contributed by atoms with Crippen molar-refractivity contribution < 1.29 is 19.1 Å². The van der Waals surface area contributed by atoms with E-state index in [1.807, 2.05) is 13.8 Å². The highest BCUT2D eigenvalue weighted by Gasteiger charge is 2.26. The van der Waals surface area contributed by atoms with Gasteiger partial charge in [0, 0.05) is 5.69 Å². The van der Waals surface area contributed by atoms with E-state index in [4.69, 9.17) is 9.47 Å². The molecule has 0 aliphatic heterocycles. The van der Waals surface area contributed by atoms with Crippen molar-refractivity contribution in [3.05, 3.63) is 24.3 Å². The van der Waals surface area contributed by atoms with E-state index in [2.05, 4.69) is 10.6 Å². The van der Waals surface area contributed by atoms with Gasteiger partial charge in [-0.1, -0.05) is 13.8 Å². The zero-order valence-corrected chi connectivity index (χ0v) is 14.6. The summed E-state index contributed by atoms with van der Waals surface area (Å²) in [5.41, 5.74) is 0.0189. The lowest BCUT2D eigenvalue weighted by molar-refractivity contribution is -0.119. The first-order chi connectivity index (χ1) is 10.6. The van der Waals surface area contributed by atoms with Crippen molar-refractivity contribution in [3.63, 3.8) is 0 Å². The van der Waals surface area contributed by atoms with Crippen LogP contribution in [0.4, 0.5) is 10.5 Å². The van der Waals surface area contributed by atoms with Crippen LogP contribution >= 0.6 is 0 Å². The van der Waals surface area contributed by atoms with Gasteiger partial charge in [0.15, 0.2) is 0 Å². The summed E-state index contributed by atoms with van der Waals surface area (Å²) in [6, 6.07) is 6.29.